The summed E-state index contributed by atoms with van der Waals surface area (Å²) in [6, 6.07) is 8.52. The topological polar surface area (TPSA) is 47.1 Å². The van der Waals surface area contributed by atoms with E-state index in [0.29, 0.717) is 0 Å². The number of nitrogens with two attached hydrogens (primary N) is 1. The first-order chi connectivity index (χ1) is 10.2. The lowest BCUT2D eigenvalue weighted by Crippen LogP contribution is -2.49. The van der Waals surface area contributed by atoms with Gasteiger partial charge in [0, 0.05) is 30.6 Å². The van der Waals surface area contributed by atoms with Crippen molar-refractivity contribution in [2.24, 2.45) is 5.73 Å². The molecule has 1 fully saturated rings. The zero-order valence-corrected chi connectivity index (χ0v) is 13.2. The van der Waals surface area contributed by atoms with Gasteiger partial charge in [0.05, 0.1) is 11.2 Å². The molecule has 1 aromatic carbocycles. The number of para-hydroxylation sites is 1. The average Bonchev–Trinajstić information content (AvgIpc) is 3.13. The maximum Gasteiger partial charge on any atom is 0.0843 e. The first-order valence-corrected chi connectivity index (χ1v) is 8.06. The summed E-state index contributed by atoms with van der Waals surface area (Å²) in [6.45, 7) is 4.68. The fourth-order valence-corrected chi connectivity index (χ4v) is 3.72. The Morgan fingerprint density at radius 2 is 2.00 bits per heavy atom. The van der Waals surface area contributed by atoms with Gasteiger partial charge in [0.1, 0.15) is 0 Å². The summed E-state index contributed by atoms with van der Waals surface area (Å²) in [5.74, 6) is 0. The number of nitrogens with zero attached hydrogens (tertiary/aromatic N) is 3. The summed E-state index contributed by atoms with van der Waals surface area (Å²) in [5, 5.41) is 6.09. The predicted octanol–water partition coefficient (Wildman–Crippen LogP) is 2.76. The van der Waals surface area contributed by atoms with Gasteiger partial charge in [0.15, 0.2) is 0 Å². The van der Waals surface area contributed by atoms with Crippen molar-refractivity contribution < 1.29 is 0 Å². The van der Waals surface area contributed by atoms with Crippen molar-refractivity contribution in [1.82, 2.24) is 14.7 Å². The van der Waals surface area contributed by atoms with Gasteiger partial charge in [-0.2, -0.15) is 5.10 Å². The number of aromatic nitrogens is 2. The normalized spacial score (nSPS) is 17.9. The highest BCUT2D eigenvalue weighted by Crippen LogP contribution is 2.35. The molecule has 0 radical (unpaired) electrons. The molecule has 0 saturated heterocycles. The predicted molar refractivity (Wildman–Crippen MR) is 87.1 cm³/mol. The van der Waals surface area contributed by atoms with Crippen molar-refractivity contribution in [3.05, 3.63) is 30.0 Å². The molecule has 1 aliphatic rings. The van der Waals surface area contributed by atoms with Crippen molar-refractivity contribution in [3.63, 3.8) is 0 Å². The quantitative estimate of drug-likeness (QED) is 0.919. The minimum Gasteiger partial charge on any atom is -0.329 e. The van der Waals surface area contributed by atoms with Gasteiger partial charge in [-0.25, -0.2) is 0 Å². The van der Waals surface area contributed by atoms with Crippen molar-refractivity contribution in [1.29, 1.82) is 0 Å². The van der Waals surface area contributed by atoms with Gasteiger partial charge in [0.25, 0.3) is 0 Å². The molecule has 3 rings (SSSR count). The lowest BCUT2D eigenvalue weighted by atomic mass is 9.95. The van der Waals surface area contributed by atoms with Crippen LogP contribution >= 0.6 is 0 Å². The minimum absolute atomic E-state index is 0.178. The molecular weight excluding hydrogens is 260 g/mol. The second-order valence-electron chi connectivity index (χ2n) is 6.27. The average molecular weight is 286 g/mol. The molecule has 2 N–H and O–H groups in total. The molecule has 114 valence electrons. The molecule has 0 aliphatic heterocycles. The molecule has 0 spiro atoms. The maximum absolute atomic E-state index is 6.10. The molecule has 0 atom stereocenters. The van der Waals surface area contributed by atoms with Gasteiger partial charge >= 0.3 is 0 Å². The monoisotopic (exact) mass is 286 g/mol. The van der Waals surface area contributed by atoms with E-state index in [1.54, 1.807) is 0 Å². The zero-order chi connectivity index (χ0) is 14.9. The van der Waals surface area contributed by atoms with E-state index in [-0.39, 0.29) is 5.54 Å². The molecule has 0 unspecified atom stereocenters. The molecule has 0 bridgehead atoms. The fourth-order valence-electron chi connectivity index (χ4n) is 3.72. The number of fused-ring (bicyclic) bond motifs is 1. The van der Waals surface area contributed by atoms with Crippen molar-refractivity contribution in [2.75, 3.05) is 13.6 Å². The molecule has 4 nitrogen and oxygen atoms in total. The van der Waals surface area contributed by atoms with Gasteiger partial charge in [-0.3, -0.25) is 9.58 Å². The van der Waals surface area contributed by atoms with Crippen molar-refractivity contribution >= 4 is 10.9 Å². The first kappa shape index (κ1) is 14.5. The second-order valence-corrected chi connectivity index (χ2v) is 6.27. The third-order valence-corrected chi connectivity index (χ3v) is 5.14. The van der Waals surface area contributed by atoms with Crippen LogP contribution in [0.5, 0.6) is 0 Å². The van der Waals surface area contributed by atoms with Crippen LogP contribution in [0.25, 0.3) is 10.9 Å². The summed E-state index contributed by atoms with van der Waals surface area (Å²) >= 11 is 0. The first-order valence-electron chi connectivity index (χ1n) is 8.06. The van der Waals surface area contributed by atoms with Crippen LogP contribution in [0.2, 0.25) is 0 Å². The van der Waals surface area contributed by atoms with Crippen LogP contribution in [0, 0.1) is 0 Å². The summed E-state index contributed by atoms with van der Waals surface area (Å²) in [4.78, 5) is 2.44. The van der Waals surface area contributed by atoms with E-state index < -0.39 is 0 Å². The smallest absolute Gasteiger partial charge is 0.0843 e. The molecule has 1 aliphatic carbocycles. The van der Waals surface area contributed by atoms with Crippen molar-refractivity contribution in [2.45, 2.75) is 51.2 Å². The Hall–Kier alpha value is -1.39. The molecule has 1 saturated carbocycles. The van der Waals surface area contributed by atoms with E-state index in [9.17, 15) is 0 Å². The van der Waals surface area contributed by atoms with E-state index in [2.05, 4.69) is 47.8 Å². The third-order valence-electron chi connectivity index (χ3n) is 5.14. The SMILES string of the molecule is CCn1nc(CN(C)C2(CN)CCCC2)c2ccccc21. The van der Waals surface area contributed by atoms with E-state index >= 15 is 0 Å². The Kier molecular flexibility index (Phi) is 4.00. The van der Waals surface area contributed by atoms with Gasteiger partial charge in [0.2, 0.25) is 0 Å². The van der Waals surface area contributed by atoms with Crippen LogP contribution < -0.4 is 5.73 Å². The lowest BCUT2D eigenvalue weighted by molar-refractivity contribution is 0.122. The van der Waals surface area contributed by atoms with Gasteiger partial charge in [-0.05, 0) is 32.9 Å². The van der Waals surface area contributed by atoms with Crippen LogP contribution in [-0.2, 0) is 13.1 Å². The summed E-state index contributed by atoms with van der Waals surface area (Å²) in [6.07, 6.45) is 5.02. The van der Waals surface area contributed by atoms with Crippen LogP contribution in [0.15, 0.2) is 24.3 Å². The standard InChI is InChI=1S/C17H26N4/c1-3-21-16-9-5-4-8-14(16)15(19-21)12-20(2)17(13-18)10-6-7-11-17/h4-5,8-9H,3,6-7,10-13,18H2,1-2H3. The number of aryl methyl sites for hydroxylation is 1. The third kappa shape index (κ3) is 2.47. The molecule has 1 aromatic heterocycles. The van der Waals surface area contributed by atoms with Crippen LogP contribution in [0.1, 0.15) is 38.3 Å². The summed E-state index contributed by atoms with van der Waals surface area (Å²) in [7, 11) is 2.21. The molecule has 4 heteroatoms. The van der Waals surface area contributed by atoms with Crippen molar-refractivity contribution in [3.8, 4) is 0 Å². The number of hydrogen-bond donors (Lipinski definition) is 1. The Bertz CT molecular complexity index is 610. The van der Waals surface area contributed by atoms with Crippen LogP contribution in [0.4, 0.5) is 0 Å². The lowest BCUT2D eigenvalue weighted by Gasteiger charge is -2.37. The maximum atomic E-state index is 6.10. The van der Waals surface area contributed by atoms with E-state index in [0.717, 1.165) is 19.6 Å². The highest BCUT2D eigenvalue weighted by Gasteiger charge is 2.36. The second kappa shape index (κ2) is 5.78. The Balaban J connectivity index is 1.91. The summed E-state index contributed by atoms with van der Waals surface area (Å²) < 4.78 is 2.10. The number of benzene rings is 1. The number of rotatable bonds is 5. The summed E-state index contributed by atoms with van der Waals surface area (Å²) in [5.41, 5.74) is 8.69. The molecule has 1 heterocycles. The largest absolute Gasteiger partial charge is 0.329 e. The molecule has 2 aromatic rings. The van der Waals surface area contributed by atoms with Crippen LogP contribution in [0.3, 0.4) is 0 Å². The zero-order valence-electron chi connectivity index (χ0n) is 13.2. The van der Waals surface area contributed by atoms with E-state index in [1.165, 1.54) is 42.3 Å². The molecule has 0 amide bonds. The highest BCUT2D eigenvalue weighted by molar-refractivity contribution is 5.81. The van der Waals surface area contributed by atoms with Crippen LogP contribution in [-0.4, -0.2) is 33.8 Å². The molecule has 21 heavy (non-hydrogen) atoms. The number of hydrogen-bond acceptors (Lipinski definition) is 3. The fraction of sp³-hybridized carbons (Fsp3) is 0.588. The number of likely N-dealkylation sites (N-methyl/N-ethyl adjacent to an activating group) is 1. The highest BCUT2D eigenvalue weighted by atomic mass is 15.3. The van der Waals surface area contributed by atoms with Gasteiger partial charge < -0.3 is 5.73 Å². The van der Waals surface area contributed by atoms with E-state index in [1.807, 2.05) is 0 Å². The Labute approximate surface area is 126 Å². The Morgan fingerprint density at radius 3 is 2.67 bits per heavy atom. The van der Waals surface area contributed by atoms with Gasteiger partial charge in [-0.15, -0.1) is 0 Å². The minimum atomic E-state index is 0.178. The van der Waals surface area contributed by atoms with E-state index in [4.69, 9.17) is 10.8 Å². The van der Waals surface area contributed by atoms with Gasteiger partial charge in [-0.1, -0.05) is 31.0 Å². The Morgan fingerprint density at radius 1 is 1.29 bits per heavy atom. The molecular formula is C17H26N4.